The molecule has 1 rings (SSSR count). The van der Waals surface area contributed by atoms with E-state index in [-0.39, 0.29) is 0 Å². The SMILES string of the molecule is CC(C)CC1NCCCS1. The molecule has 1 saturated heterocycles. The van der Waals surface area contributed by atoms with Crippen LogP contribution in [0.4, 0.5) is 0 Å². The fraction of sp³-hybridized carbons (Fsp3) is 1.00. The van der Waals surface area contributed by atoms with Gasteiger partial charge in [-0.25, -0.2) is 0 Å². The van der Waals surface area contributed by atoms with E-state index in [2.05, 4.69) is 30.9 Å². The Hall–Kier alpha value is 0.310. The molecule has 0 aromatic heterocycles. The summed E-state index contributed by atoms with van der Waals surface area (Å²) in [6.07, 6.45) is 2.67. The predicted molar refractivity (Wildman–Crippen MR) is 48.3 cm³/mol. The van der Waals surface area contributed by atoms with Crippen LogP contribution in [0.15, 0.2) is 0 Å². The number of hydrogen-bond acceptors (Lipinski definition) is 2. The van der Waals surface area contributed by atoms with Crippen LogP contribution in [-0.4, -0.2) is 17.7 Å². The molecule has 0 bridgehead atoms. The van der Waals surface area contributed by atoms with E-state index in [0.717, 1.165) is 11.3 Å². The van der Waals surface area contributed by atoms with E-state index in [0.29, 0.717) is 0 Å². The minimum atomic E-state index is 0.744. The highest BCUT2D eigenvalue weighted by atomic mass is 32.2. The van der Waals surface area contributed by atoms with E-state index in [9.17, 15) is 0 Å². The van der Waals surface area contributed by atoms with E-state index in [4.69, 9.17) is 0 Å². The molecule has 1 aliphatic rings. The zero-order valence-electron chi connectivity index (χ0n) is 6.89. The second kappa shape index (κ2) is 4.24. The Morgan fingerprint density at radius 1 is 1.60 bits per heavy atom. The largest absolute Gasteiger partial charge is 0.305 e. The van der Waals surface area contributed by atoms with Crippen LogP contribution in [0, 0.1) is 5.92 Å². The van der Waals surface area contributed by atoms with Gasteiger partial charge in [0.05, 0.1) is 5.37 Å². The first kappa shape index (κ1) is 8.41. The summed E-state index contributed by atoms with van der Waals surface area (Å²) < 4.78 is 0. The van der Waals surface area contributed by atoms with E-state index in [1.165, 1.54) is 25.1 Å². The first-order chi connectivity index (χ1) is 4.79. The van der Waals surface area contributed by atoms with Crippen LogP contribution in [0.1, 0.15) is 26.7 Å². The summed E-state index contributed by atoms with van der Waals surface area (Å²) in [7, 11) is 0. The van der Waals surface area contributed by atoms with E-state index in [1.807, 2.05) is 0 Å². The van der Waals surface area contributed by atoms with Gasteiger partial charge in [0.25, 0.3) is 0 Å². The first-order valence-electron chi connectivity index (χ1n) is 4.14. The standard InChI is InChI=1S/C8H17NS/c1-7(2)6-8-9-4-3-5-10-8/h7-9H,3-6H2,1-2H3. The highest BCUT2D eigenvalue weighted by molar-refractivity contribution is 7.99. The van der Waals surface area contributed by atoms with E-state index >= 15 is 0 Å². The fourth-order valence-corrected chi connectivity index (χ4v) is 2.55. The van der Waals surface area contributed by atoms with Gasteiger partial charge in [-0.15, -0.1) is 11.8 Å². The molecule has 1 heterocycles. The van der Waals surface area contributed by atoms with Crippen LogP contribution in [0.25, 0.3) is 0 Å². The normalized spacial score (nSPS) is 27.3. The summed E-state index contributed by atoms with van der Waals surface area (Å²) in [6.45, 7) is 5.80. The topological polar surface area (TPSA) is 12.0 Å². The quantitative estimate of drug-likeness (QED) is 0.662. The number of rotatable bonds is 2. The zero-order valence-corrected chi connectivity index (χ0v) is 7.71. The van der Waals surface area contributed by atoms with Crippen molar-refractivity contribution in [2.45, 2.75) is 32.1 Å². The summed E-state index contributed by atoms with van der Waals surface area (Å²) in [4.78, 5) is 0. The van der Waals surface area contributed by atoms with Crippen LogP contribution in [0.3, 0.4) is 0 Å². The molecular formula is C8H17NS. The van der Waals surface area contributed by atoms with Crippen molar-refractivity contribution in [1.82, 2.24) is 5.32 Å². The summed E-state index contributed by atoms with van der Waals surface area (Å²) in [6, 6.07) is 0. The lowest BCUT2D eigenvalue weighted by Crippen LogP contribution is -2.32. The minimum Gasteiger partial charge on any atom is -0.305 e. The van der Waals surface area contributed by atoms with Gasteiger partial charge in [0.1, 0.15) is 0 Å². The third kappa shape index (κ3) is 2.93. The van der Waals surface area contributed by atoms with Crippen LogP contribution in [0.2, 0.25) is 0 Å². The molecule has 1 N–H and O–H groups in total. The van der Waals surface area contributed by atoms with E-state index in [1.54, 1.807) is 0 Å². The van der Waals surface area contributed by atoms with Crippen molar-refractivity contribution < 1.29 is 0 Å². The lowest BCUT2D eigenvalue weighted by atomic mass is 10.1. The maximum absolute atomic E-state index is 3.51. The van der Waals surface area contributed by atoms with Gasteiger partial charge in [-0.3, -0.25) is 0 Å². The van der Waals surface area contributed by atoms with Gasteiger partial charge in [-0.2, -0.15) is 0 Å². The predicted octanol–water partition coefficient (Wildman–Crippen LogP) is 2.09. The zero-order chi connectivity index (χ0) is 7.40. The molecule has 60 valence electrons. The average Bonchev–Trinajstić information content (AvgIpc) is 1.88. The molecule has 1 aliphatic heterocycles. The van der Waals surface area contributed by atoms with Crippen molar-refractivity contribution in [2.75, 3.05) is 12.3 Å². The van der Waals surface area contributed by atoms with Gasteiger partial charge >= 0.3 is 0 Å². The number of hydrogen-bond donors (Lipinski definition) is 1. The molecule has 1 unspecified atom stereocenters. The highest BCUT2D eigenvalue weighted by Crippen LogP contribution is 2.20. The molecule has 1 nitrogen and oxygen atoms in total. The van der Waals surface area contributed by atoms with Crippen LogP contribution in [0.5, 0.6) is 0 Å². The molecule has 0 spiro atoms. The van der Waals surface area contributed by atoms with Crippen molar-refractivity contribution in [1.29, 1.82) is 0 Å². The average molecular weight is 159 g/mol. The Labute approximate surface area is 68.0 Å². The summed E-state index contributed by atoms with van der Waals surface area (Å²) in [5.74, 6) is 2.19. The first-order valence-corrected chi connectivity index (χ1v) is 5.19. The minimum absolute atomic E-state index is 0.744. The molecule has 0 radical (unpaired) electrons. The Balaban J connectivity index is 2.13. The Morgan fingerprint density at radius 3 is 2.90 bits per heavy atom. The van der Waals surface area contributed by atoms with Crippen LogP contribution in [-0.2, 0) is 0 Å². The smallest absolute Gasteiger partial charge is 0.0534 e. The lowest BCUT2D eigenvalue weighted by molar-refractivity contribution is 0.501. The Bertz CT molecular complexity index is 87.3. The third-order valence-electron chi connectivity index (χ3n) is 1.70. The van der Waals surface area contributed by atoms with Gasteiger partial charge in [0.15, 0.2) is 0 Å². The second-order valence-electron chi connectivity index (χ2n) is 3.30. The van der Waals surface area contributed by atoms with Gasteiger partial charge in [0, 0.05) is 0 Å². The van der Waals surface area contributed by atoms with E-state index < -0.39 is 0 Å². The number of thioether (sulfide) groups is 1. The molecule has 10 heavy (non-hydrogen) atoms. The summed E-state index contributed by atoms with van der Waals surface area (Å²) >= 11 is 2.08. The molecule has 0 aliphatic carbocycles. The molecular weight excluding hydrogens is 142 g/mol. The molecule has 0 aromatic rings. The van der Waals surface area contributed by atoms with Crippen LogP contribution < -0.4 is 5.32 Å². The Morgan fingerprint density at radius 2 is 2.40 bits per heavy atom. The molecule has 0 amide bonds. The monoisotopic (exact) mass is 159 g/mol. The van der Waals surface area contributed by atoms with Crippen molar-refractivity contribution in [3.63, 3.8) is 0 Å². The molecule has 0 aromatic carbocycles. The summed E-state index contributed by atoms with van der Waals surface area (Å²) in [5.41, 5.74) is 0. The number of nitrogens with one attached hydrogen (secondary N) is 1. The fourth-order valence-electron chi connectivity index (χ4n) is 1.20. The lowest BCUT2D eigenvalue weighted by Gasteiger charge is -2.24. The van der Waals surface area contributed by atoms with Crippen molar-refractivity contribution in [3.8, 4) is 0 Å². The third-order valence-corrected chi connectivity index (χ3v) is 2.98. The second-order valence-corrected chi connectivity index (χ2v) is 4.61. The van der Waals surface area contributed by atoms with Gasteiger partial charge in [0.2, 0.25) is 0 Å². The highest BCUT2D eigenvalue weighted by Gasteiger charge is 2.13. The molecule has 2 heteroatoms. The molecule has 1 fully saturated rings. The maximum atomic E-state index is 3.51. The molecule has 1 atom stereocenters. The van der Waals surface area contributed by atoms with Gasteiger partial charge in [-0.05, 0) is 31.1 Å². The van der Waals surface area contributed by atoms with Crippen molar-refractivity contribution in [3.05, 3.63) is 0 Å². The summed E-state index contributed by atoms with van der Waals surface area (Å²) in [5, 5.41) is 4.26. The maximum Gasteiger partial charge on any atom is 0.0534 e. The Kier molecular flexibility index (Phi) is 3.57. The molecule has 0 saturated carbocycles. The van der Waals surface area contributed by atoms with Gasteiger partial charge < -0.3 is 5.32 Å². The van der Waals surface area contributed by atoms with Gasteiger partial charge in [-0.1, -0.05) is 13.8 Å². The van der Waals surface area contributed by atoms with Crippen LogP contribution >= 0.6 is 11.8 Å². The van der Waals surface area contributed by atoms with Crippen molar-refractivity contribution >= 4 is 11.8 Å². The van der Waals surface area contributed by atoms with Crippen molar-refractivity contribution in [2.24, 2.45) is 5.92 Å².